The summed E-state index contributed by atoms with van der Waals surface area (Å²) >= 11 is 0. The summed E-state index contributed by atoms with van der Waals surface area (Å²) in [5, 5.41) is 15.5. The second-order valence-electron chi connectivity index (χ2n) is 3.33. The monoisotopic (exact) mass is 216 g/mol. The smallest absolute Gasteiger partial charge is 0.143 e. The number of aryl methyl sites for hydroxylation is 1. The van der Waals surface area contributed by atoms with Crippen molar-refractivity contribution in [3.05, 3.63) is 42.0 Å². The Labute approximate surface area is 91.9 Å². The van der Waals surface area contributed by atoms with E-state index in [0.717, 1.165) is 5.69 Å². The molecule has 80 valence electrons. The van der Waals surface area contributed by atoms with Crippen LogP contribution in [0.5, 0.6) is 0 Å². The van der Waals surface area contributed by atoms with Gasteiger partial charge in [0, 0.05) is 18.9 Å². The van der Waals surface area contributed by atoms with Gasteiger partial charge < -0.3 is 5.32 Å². The summed E-state index contributed by atoms with van der Waals surface area (Å²) in [6, 6.07) is 6.14. The molecule has 1 N–H and O–H groups in total. The van der Waals surface area contributed by atoms with Crippen LogP contribution in [0.25, 0.3) is 0 Å². The van der Waals surface area contributed by atoms with E-state index < -0.39 is 5.82 Å². The van der Waals surface area contributed by atoms with Crippen molar-refractivity contribution in [2.24, 2.45) is 7.05 Å². The van der Waals surface area contributed by atoms with Gasteiger partial charge in [-0.2, -0.15) is 10.4 Å². The van der Waals surface area contributed by atoms with Gasteiger partial charge in [-0.3, -0.25) is 4.68 Å². The molecule has 0 unspecified atom stereocenters. The summed E-state index contributed by atoms with van der Waals surface area (Å²) < 4.78 is 14.9. The zero-order valence-corrected chi connectivity index (χ0v) is 8.61. The number of benzene rings is 1. The highest BCUT2D eigenvalue weighted by Gasteiger charge is 2.03. The van der Waals surface area contributed by atoms with Crippen molar-refractivity contribution in [3.8, 4) is 6.07 Å². The minimum atomic E-state index is -0.531. The summed E-state index contributed by atoms with van der Waals surface area (Å²) in [6.45, 7) is 0. The van der Waals surface area contributed by atoms with E-state index >= 15 is 0 Å². The summed E-state index contributed by atoms with van der Waals surface area (Å²) in [7, 11) is 1.80. The maximum absolute atomic E-state index is 13.3. The van der Waals surface area contributed by atoms with Gasteiger partial charge in [0.2, 0.25) is 0 Å². The maximum atomic E-state index is 13.3. The number of nitriles is 1. The lowest BCUT2D eigenvalue weighted by atomic mass is 10.2. The van der Waals surface area contributed by atoms with Crippen molar-refractivity contribution in [1.29, 1.82) is 5.26 Å². The Kier molecular flexibility index (Phi) is 2.56. The molecule has 0 fully saturated rings. The largest absolute Gasteiger partial charge is 0.353 e. The fourth-order valence-corrected chi connectivity index (χ4v) is 1.34. The molecule has 0 aliphatic carbocycles. The number of rotatable bonds is 2. The van der Waals surface area contributed by atoms with E-state index in [1.165, 1.54) is 12.1 Å². The van der Waals surface area contributed by atoms with Crippen LogP contribution in [-0.2, 0) is 7.05 Å². The van der Waals surface area contributed by atoms with Gasteiger partial charge in [-0.05, 0) is 18.2 Å². The van der Waals surface area contributed by atoms with E-state index in [4.69, 9.17) is 5.26 Å². The predicted octanol–water partition coefficient (Wildman–Crippen LogP) is 2.17. The second-order valence-corrected chi connectivity index (χ2v) is 3.33. The summed E-state index contributed by atoms with van der Waals surface area (Å²) in [5.74, 6) is -0.531. The molecule has 0 spiro atoms. The number of aromatic nitrogens is 2. The summed E-state index contributed by atoms with van der Waals surface area (Å²) in [6.07, 6.45) is 3.41. The molecular formula is C11H9FN4. The number of hydrogen-bond acceptors (Lipinski definition) is 3. The maximum Gasteiger partial charge on any atom is 0.143 e. The zero-order chi connectivity index (χ0) is 11.5. The molecule has 0 aliphatic heterocycles. The average molecular weight is 216 g/mol. The van der Waals surface area contributed by atoms with Crippen molar-refractivity contribution in [3.63, 3.8) is 0 Å². The average Bonchev–Trinajstić information content (AvgIpc) is 2.64. The quantitative estimate of drug-likeness (QED) is 0.837. The highest BCUT2D eigenvalue weighted by molar-refractivity contribution is 5.59. The standard InChI is InChI=1S/C11H9FN4/c1-16-7-10(6-14-16)15-9-3-2-8(5-13)11(12)4-9/h2-4,6-7,15H,1H3. The number of anilines is 2. The topological polar surface area (TPSA) is 53.6 Å². The Hall–Kier alpha value is -2.35. The molecule has 0 bridgehead atoms. The molecule has 0 atom stereocenters. The van der Waals surface area contributed by atoms with Gasteiger partial charge in [-0.1, -0.05) is 0 Å². The molecule has 0 saturated heterocycles. The van der Waals surface area contributed by atoms with Gasteiger partial charge in [-0.25, -0.2) is 4.39 Å². The van der Waals surface area contributed by atoms with Gasteiger partial charge in [-0.15, -0.1) is 0 Å². The minimum absolute atomic E-state index is 0.0386. The molecule has 0 saturated carbocycles. The van der Waals surface area contributed by atoms with Crippen LogP contribution in [0.1, 0.15) is 5.56 Å². The third-order valence-corrected chi connectivity index (χ3v) is 2.08. The van der Waals surface area contributed by atoms with E-state index in [2.05, 4.69) is 10.4 Å². The van der Waals surface area contributed by atoms with E-state index in [1.54, 1.807) is 36.3 Å². The third kappa shape index (κ3) is 2.01. The molecule has 0 radical (unpaired) electrons. The highest BCUT2D eigenvalue weighted by Crippen LogP contribution is 2.18. The normalized spacial score (nSPS) is 9.81. The van der Waals surface area contributed by atoms with E-state index in [-0.39, 0.29) is 5.56 Å². The van der Waals surface area contributed by atoms with E-state index in [9.17, 15) is 4.39 Å². The molecule has 2 aromatic rings. The lowest BCUT2D eigenvalue weighted by molar-refractivity contribution is 0.624. The molecule has 5 heteroatoms. The number of nitrogens with one attached hydrogen (secondary N) is 1. The van der Waals surface area contributed by atoms with Crippen LogP contribution in [0.3, 0.4) is 0 Å². The number of halogens is 1. The lowest BCUT2D eigenvalue weighted by Crippen LogP contribution is -1.91. The Morgan fingerprint density at radius 1 is 1.44 bits per heavy atom. The molecule has 0 aliphatic rings. The van der Waals surface area contributed by atoms with Crippen LogP contribution < -0.4 is 5.32 Å². The van der Waals surface area contributed by atoms with Crippen LogP contribution in [0.2, 0.25) is 0 Å². The Morgan fingerprint density at radius 2 is 2.25 bits per heavy atom. The van der Waals surface area contributed by atoms with Crippen LogP contribution in [-0.4, -0.2) is 9.78 Å². The summed E-state index contributed by atoms with van der Waals surface area (Å²) in [5.41, 5.74) is 1.40. The predicted molar refractivity (Wildman–Crippen MR) is 57.6 cm³/mol. The van der Waals surface area contributed by atoms with Gasteiger partial charge in [0.15, 0.2) is 0 Å². The highest BCUT2D eigenvalue weighted by atomic mass is 19.1. The van der Waals surface area contributed by atoms with Crippen LogP contribution in [0.15, 0.2) is 30.6 Å². The molecule has 0 amide bonds. The lowest BCUT2D eigenvalue weighted by Gasteiger charge is -2.03. The molecule has 1 aromatic heterocycles. The Morgan fingerprint density at radius 3 is 2.81 bits per heavy atom. The van der Waals surface area contributed by atoms with E-state index in [0.29, 0.717) is 5.69 Å². The first-order chi connectivity index (χ1) is 7.69. The molecular weight excluding hydrogens is 207 g/mol. The van der Waals surface area contributed by atoms with Crippen molar-refractivity contribution in [2.75, 3.05) is 5.32 Å². The van der Waals surface area contributed by atoms with Gasteiger partial charge >= 0.3 is 0 Å². The Bertz CT molecular complexity index is 553. The summed E-state index contributed by atoms with van der Waals surface area (Å²) in [4.78, 5) is 0. The first-order valence-electron chi connectivity index (χ1n) is 4.64. The van der Waals surface area contributed by atoms with Gasteiger partial charge in [0.1, 0.15) is 11.9 Å². The molecule has 4 nitrogen and oxygen atoms in total. The van der Waals surface area contributed by atoms with Crippen molar-refractivity contribution in [2.45, 2.75) is 0 Å². The SMILES string of the molecule is Cn1cc(Nc2ccc(C#N)c(F)c2)cn1. The molecule has 16 heavy (non-hydrogen) atoms. The van der Waals surface area contributed by atoms with Crippen LogP contribution in [0.4, 0.5) is 15.8 Å². The fourth-order valence-electron chi connectivity index (χ4n) is 1.34. The fraction of sp³-hybridized carbons (Fsp3) is 0.0909. The first kappa shape index (κ1) is 10.2. The zero-order valence-electron chi connectivity index (χ0n) is 8.61. The van der Waals surface area contributed by atoms with Crippen molar-refractivity contribution < 1.29 is 4.39 Å². The van der Waals surface area contributed by atoms with Gasteiger partial charge in [0.05, 0.1) is 17.4 Å². The van der Waals surface area contributed by atoms with Crippen molar-refractivity contribution in [1.82, 2.24) is 9.78 Å². The minimum Gasteiger partial charge on any atom is -0.353 e. The second kappa shape index (κ2) is 4.03. The van der Waals surface area contributed by atoms with Crippen LogP contribution in [0, 0.1) is 17.1 Å². The van der Waals surface area contributed by atoms with Crippen LogP contribution >= 0.6 is 0 Å². The molecule has 1 aromatic carbocycles. The Balaban J connectivity index is 2.23. The van der Waals surface area contributed by atoms with E-state index in [1.807, 2.05) is 0 Å². The van der Waals surface area contributed by atoms with Crippen molar-refractivity contribution >= 4 is 11.4 Å². The first-order valence-corrected chi connectivity index (χ1v) is 4.64. The third-order valence-electron chi connectivity index (χ3n) is 2.08. The molecule has 1 heterocycles. The number of hydrogen-bond donors (Lipinski definition) is 1. The number of nitrogens with zero attached hydrogens (tertiary/aromatic N) is 3. The van der Waals surface area contributed by atoms with Gasteiger partial charge in [0.25, 0.3) is 0 Å². The molecule has 2 rings (SSSR count).